The molecule has 2 rings (SSSR count). The molecular formula is C16H25N3O2. The van der Waals surface area contributed by atoms with Crippen molar-refractivity contribution in [2.24, 2.45) is 5.92 Å². The predicted molar refractivity (Wildman–Crippen MR) is 83.7 cm³/mol. The summed E-state index contributed by atoms with van der Waals surface area (Å²) in [5.41, 5.74) is 1.59. The van der Waals surface area contributed by atoms with Crippen molar-refractivity contribution < 1.29 is 9.53 Å². The monoisotopic (exact) mass is 291 g/mol. The van der Waals surface area contributed by atoms with Gasteiger partial charge < -0.3 is 15.4 Å². The van der Waals surface area contributed by atoms with E-state index in [0.29, 0.717) is 18.0 Å². The van der Waals surface area contributed by atoms with Gasteiger partial charge in [-0.05, 0) is 36.8 Å². The summed E-state index contributed by atoms with van der Waals surface area (Å²) in [4.78, 5) is 16.8. The summed E-state index contributed by atoms with van der Waals surface area (Å²) < 4.78 is 5.44. The van der Waals surface area contributed by atoms with Crippen LogP contribution >= 0.6 is 0 Å². The van der Waals surface area contributed by atoms with Crippen molar-refractivity contribution in [2.45, 2.75) is 32.6 Å². The number of nitrogens with one attached hydrogen (secondary N) is 2. The fourth-order valence-corrected chi connectivity index (χ4v) is 2.41. The Labute approximate surface area is 126 Å². The zero-order valence-electron chi connectivity index (χ0n) is 13.1. The van der Waals surface area contributed by atoms with Crippen molar-refractivity contribution in [3.05, 3.63) is 23.4 Å². The van der Waals surface area contributed by atoms with E-state index in [0.717, 1.165) is 37.6 Å². The molecule has 1 aliphatic rings. The van der Waals surface area contributed by atoms with E-state index in [-0.39, 0.29) is 11.8 Å². The van der Waals surface area contributed by atoms with Gasteiger partial charge in [-0.15, -0.1) is 0 Å². The number of rotatable bonds is 5. The third-order valence-electron chi connectivity index (χ3n) is 3.76. The Hall–Kier alpha value is -1.62. The van der Waals surface area contributed by atoms with E-state index in [1.165, 1.54) is 0 Å². The van der Waals surface area contributed by atoms with Crippen molar-refractivity contribution in [3.8, 4) is 0 Å². The van der Waals surface area contributed by atoms with Gasteiger partial charge in [-0.25, -0.2) is 4.98 Å². The van der Waals surface area contributed by atoms with Crippen molar-refractivity contribution in [1.29, 1.82) is 0 Å². The molecule has 116 valence electrons. The van der Waals surface area contributed by atoms with Gasteiger partial charge in [0.05, 0.1) is 6.61 Å². The van der Waals surface area contributed by atoms with Crippen LogP contribution in [0.3, 0.4) is 0 Å². The number of carbonyl (C=O) groups excluding carboxylic acids is 1. The van der Waals surface area contributed by atoms with E-state index in [1.54, 1.807) is 6.07 Å². The van der Waals surface area contributed by atoms with Crippen LogP contribution in [0, 0.1) is 5.92 Å². The van der Waals surface area contributed by atoms with Crippen LogP contribution in [0.5, 0.6) is 0 Å². The quantitative estimate of drug-likeness (QED) is 0.874. The molecule has 1 saturated heterocycles. The topological polar surface area (TPSA) is 63.2 Å². The van der Waals surface area contributed by atoms with Crippen LogP contribution in [0.25, 0.3) is 0 Å². The summed E-state index contributed by atoms with van der Waals surface area (Å²) in [6.45, 7) is 6.41. The van der Waals surface area contributed by atoms with E-state index in [9.17, 15) is 4.79 Å². The smallest absolute Gasteiger partial charge is 0.251 e. The van der Waals surface area contributed by atoms with E-state index < -0.39 is 0 Å². The predicted octanol–water partition coefficient (Wildman–Crippen LogP) is 2.40. The normalized spacial score (nSPS) is 18.6. The van der Waals surface area contributed by atoms with Crippen LogP contribution in [-0.2, 0) is 4.74 Å². The number of hydrogen-bond acceptors (Lipinski definition) is 4. The Morgan fingerprint density at radius 1 is 1.48 bits per heavy atom. The van der Waals surface area contributed by atoms with Gasteiger partial charge in [0.2, 0.25) is 0 Å². The largest absolute Gasteiger partial charge is 0.381 e. The highest BCUT2D eigenvalue weighted by Crippen LogP contribution is 2.18. The fraction of sp³-hybridized carbons (Fsp3) is 0.625. The minimum atomic E-state index is -0.0404. The first-order valence-electron chi connectivity index (χ1n) is 7.66. The molecule has 21 heavy (non-hydrogen) atoms. The third kappa shape index (κ3) is 4.43. The van der Waals surface area contributed by atoms with Gasteiger partial charge in [-0.3, -0.25) is 4.79 Å². The Balaban J connectivity index is 2.02. The molecule has 0 saturated carbocycles. The zero-order chi connectivity index (χ0) is 15.2. The van der Waals surface area contributed by atoms with Crippen LogP contribution < -0.4 is 10.6 Å². The maximum atomic E-state index is 12.3. The number of anilines is 1. The SMILES string of the molecule is CNc1cc(C(=O)NCC2CCCOC2)cc(C(C)C)n1. The number of ether oxygens (including phenoxy) is 1. The summed E-state index contributed by atoms with van der Waals surface area (Å²) in [6, 6.07) is 3.66. The molecule has 1 fully saturated rings. The van der Waals surface area contributed by atoms with Crippen LogP contribution in [0.2, 0.25) is 0 Å². The summed E-state index contributed by atoms with van der Waals surface area (Å²) >= 11 is 0. The summed E-state index contributed by atoms with van der Waals surface area (Å²) in [6.07, 6.45) is 2.20. The second kappa shape index (κ2) is 7.41. The van der Waals surface area contributed by atoms with Crippen LogP contribution in [-0.4, -0.2) is 37.7 Å². The highest BCUT2D eigenvalue weighted by atomic mass is 16.5. The van der Waals surface area contributed by atoms with Gasteiger partial charge in [0.15, 0.2) is 0 Å². The van der Waals surface area contributed by atoms with Crippen LogP contribution in [0.15, 0.2) is 12.1 Å². The average Bonchev–Trinajstić information content (AvgIpc) is 2.53. The first-order valence-corrected chi connectivity index (χ1v) is 7.66. The molecule has 1 aromatic heterocycles. The van der Waals surface area contributed by atoms with Gasteiger partial charge in [0, 0.05) is 31.5 Å². The van der Waals surface area contributed by atoms with E-state index >= 15 is 0 Å². The molecule has 1 unspecified atom stereocenters. The second-order valence-corrected chi connectivity index (χ2v) is 5.86. The molecule has 0 aromatic carbocycles. The maximum Gasteiger partial charge on any atom is 0.251 e. The summed E-state index contributed by atoms with van der Waals surface area (Å²) in [7, 11) is 1.81. The van der Waals surface area contributed by atoms with Crippen molar-refractivity contribution in [3.63, 3.8) is 0 Å². The Morgan fingerprint density at radius 2 is 2.29 bits per heavy atom. The molecule has 1 aromatic rings. The van der Waals surface area contributed by atoms with Gasteiger partial charge in [0.25, 0.3) is 5.91 Å². The summed E-state index contributed by atoms with van der Waals surface area (Å²) in [5, 5.41) is 6.02. The maximum absolute atomic E-state index is 12.3. The molecule has 0 bridgehead atoms. The molecule has 0 radical (unpaired) electrons. The van der Waals surface area contributed by atoms with Crippen molar-refractivity contribution in [1.82, 2.24) is 10.3 Å². The summed E-state index contributed by atoms with van der Waals surface area (Å²) in [5.74, 6) is 1.41. The lowest BCUT2D eigenvalue weighted by Crippen LogP contribution is -2.33. The number of pyridine rings is 1. The number of hydrogen-bond donors (Lipinski definition) is 2. The Bertz CT molecular complexity index is 482. The number of aromatic nitrogens is 1. The Kier molecular flexibility index (Phi) is 5.56. The van der Waals surface area contributed by atoms with Gasteiger partial charge in [-0.2, -0.15) is 0 Å². The Morgan fingerprint density at radius 3 is 2.90 bits per heavy atom. The molecular weight excluding hydrogens is 266 g/mol. The minimum Gasteiger partial charge on any atom is -0.381 e. The first-order chi connectivity index (χ1) is 10.1. The molecule has 2 N–H and O–H groups in total. The molecule has 2 heterocycles. The van der Waals surface area contributed by atoms with Gasteiger partial charge >= 0.3 is 0 Å². The second-order valence-electron chi connectivity index (χ2n) is 5.86. The van der Waals surface area contributed by atoms with Crippen molar-refractivity contribution in [2.75, 3.05) is 32.1 Å². The molecule has 1 amide bonds. The fourth-order valence-electron chi connectivity index (χ4n) is 2.41. The number of carbonyl (C=O) groups is 1. The average molecular weight is 291 g/mol. The molecule has 5 heteroatoms. The van der Waals surface area contributed by atoms with Gasteiger partial charge in [-0.1, -0.05) is 13.8 Å². The number of amides is 1. The lowest BCUT2D eigenvalue weighted by Gasteiger charge is -2.22. The third-order valence-corrected chi connectivity index (χ3v) is 3.76. The first kappa shape index (κ1) is 15.8. The molecule has 5 nitrogen and oxygen atoms in total. The van der Waals surface area contributed by atoms with Crippen LogP contribution in [0.1, 0.15) is 48.7 Å². The zero-order valence-corrected chi connectivity index (χ0v) is 13.1. The highest BCUT2D eigenvalue weighted by Gasteiger charge is 2.16. The standard InChI is InChI=1S/C16H25N3O2/c1-11(2)14-7-13(8-15(17-3)19-14)16(20)18-9-12-5-4-6-21-10-12/h7-8,11-12H,4-6,9-10H2,1-3H3,(H,17,19)(H,18,20). The number of nitrogens with zero attached hydrogens (tertiary/aromatic N) is 1. The molecule has 1 atom stereocenters. The minimum absolute atomic E-state index is 0.0404. The van der Waals surface area contributed by atoms with Crippen LogP contribution in [0.4, 0.5) is 5.82 Å². The molecule has 1 aliphatic heterocycles. The highest BCUT2D eigenvalue weighted by molar-refractivity contribution is 5.95. The van der Waals surface area contributed by atoms with Gasteiger partial charge in [0.1, 0.15) is 5.82 Å². The molecule has 0 aliphatic carbocycles. The molecule has 0 spiro atoms. The lowest BCUT2D eigenvalue weighted by molar-refractivity contribution is 0.0536. The lowest BCUT2D eigenvalue weighted by atomic mass is 10.0. The van der Waals surface area contributed by atoms with Crippen molar-refractivity contribution >= 4 is 11.7 Å². The van der Waals surface area contributed by atoms with E-state index in [1.807, 2.05) is 13.1 Å². The van der Waals surface area contributed by atoms with E-state index in [4.69, 9.17) is 4.74 Å². The van der Waals surface area contributed by atoms with E-state index in [2.05, 4.69) is 29.5 Å².